The van der Waals surface area contributed by atoms with Crippen molar-refractivity contribution in [3.05, 3.63) is 0 Å². The van der Waals surface area contributed by atoms with Crippen LogP contribution < -0.4 is 0 Å². The van der Waals surface area contributed by atoms with Gasteiger partial charge in [-0.15, -0.1) is 0 Å². The van der Waals surface area contributed by atoms with Crippen molar-refractivity contribution < 1.29 is 17.9 Å². The smallest absolute Gasteiger partial charge is 0.240 e. The Morgan fingerprint density at radius 2 is 2.11 bits per heavy atom. The fourth-order valence-corrected chi connectivity index (χ4v) is 2.84. The minimum Gasteiger partial charge on any atom is -0.368 e. The number of carbonyl (C=O) groups is 1. The number of amides is 1. The number of halogens is 1. The third kappa shape index (κ3) is 3.93. The van der Waals surface area contributed by atoms with E-state index in [0.717, 1.165) is 6.26 Å². The molecule has 1 saturated heterocycles. The number of sulfone groups is 1. The van der Waals surface area contributed by atoms with Gasteiger partial charge in [0.25, 0.3) is 0 Å². The Hall–Kier alpha value is -0.140. The number of morpholine rings is 1. The Morgan fingerprint density at radius 1 is 1.56 bits per heavy atom. The molecule has 0 saturated carbocycles. The van der Waals surface area contributed by atoms with Crippen LogP contribution in [0.4, 0.5) is 0 Å². The monoisotopic (exact) mass is 341 g/mol. The minimum atomic E-state index is -3.36. The van der Waals surface area contributed by atoms with Crippen LogP contribution in [-0.2, 0) is 19.4 Å². The number of hydrogen-bond donors (Lipinski definition) is 0. The molecule has 0 aliphatic carbocycles. The lowest BCUT2D eigenvalue weighted by Crippen LogP contribution is -2.57. The summed E-state index contributed by atoms with van der Waals surface area (Å²) in [6.45, 7) is 6.06. The molecule has 1 rings (SSSR count). The lowest BCUT2D eigenvalue weighted by molar-refractivity contribution is -0.156. The first-order chi connectivity index (χ1) is 8.07. The third-order valence-electron chi connectivity index (χ3n) is 2.96. The average Bonchev–Trinajstić information content (AvgIpc) is 2.23. The number of carbonyl (C=O) groups excluding carboxylic acids is 1. The zero-order chi connectivity index (χ0) is 14.1. The molecule has 106 valence electrons. The molecule has 1 aliphatic heterocycles. The van der Waals surface area contributed by atoms with Gasteiger partial charge in [0.15, 0.2) is 9.84 Å². The van der Waals surface area contributed by atoms with E-state index in [9.17, 15) is 13.2 Å². The van der Waals surface area contributed by atoms with E-state index >= 15 is 0 Å². The molecule has 2 atom stereocenters. The predicted octanol–water partition coefficient (Wildman–Crippen LogP) is 0.820. The number of ether oxygens (including phenoxy) is 1. The molecule has 0 aromatic heterocycles. The molecular formula is C11H20BrNO4S. The summed E-state index contributed by atoms with van der Waals surface area (Å²) in [5, 5.41) is -0.379. The van der Waals surface area contributed by atoms with Crippen molar-refractivity contribution in [1.82, 2.24) is 4.90 Å². The van der Waals surface area contributed by atoms with Crippen LogP contribution in [0.15, 0.2) is 0 Å². The van der Waals surface area contributed by atoms with Crippen LogP contribution in [0, 0.1) is 0 Å². The molecule has 0 N–H and O–H groups in total. The molecule has 7 heteroatoms. The zero-order valence-corrected chi connectivity index (χ0v) is 13.5. The van der Waals surface area contributed by atoms with Gasteiger partial charge in [0.2, 0.25) is 5.91 Å². The van der Waals surface area contributed by atoms with Crippen molar-refractivity contribution >= 4 is 31.7 Å². The van der Waals surface area contributed by atoms with Gasteiger partial charge in [-0.3, -0.25) is 4.79 Å². The summed E-state index contributed by atoms with van der Waals surface area (Å²) in [7, 11) is -3.36. The first-order valence-corrected chi connectivity index (χ1v) is 8.86. The maximum Gasteiger partial charge on any atom is 0.240 e. The Morgan fingerprint density at radius 3 is 2.56 bits per heavy atom. The molecule has 0 aromatic carbocycles. The van der Waals surface area contributed by atoms with Gasteiger partial charge < -0.3 is 9.64 Å². The van der Waals surface area contributed by atoms with Gasteiger partial charge in [-0.2, -0.15) is 0 Å². The van der Waals surface area contributed by atoms with E-state index in [2.05, 4.69) is 15.9 Å². The van der Waals surface area contributed by atoms with Crippen LogP contribution in [0.5, 0.6) is 0 Å². The second-order valence-electron chi connectivity index (χ2n) is 5.34. The van der Waals surface area contributed by atoms with Gasteiger partial charge >= 0.3 is 0 Å². The largest absolute Gasteiger partial charge is 0.368 e. The van der Waals surface area contributed by atoms with Crippen molar-refractivity contribution in [2.75, 3.05) is 24.7 Å². The van der Waals surface area contributed by atoms with E-state index in [0.29, 0.717) is 18.4 Å². The predicted molar refractivity (Wildman–Crippen MR) is 73.6 cm³/mol. The Kier molecular flexibility index (Phi) is 4.83. The number of hydrogen-bond acceptors (Lipinski definition) is 4. The van der Waals surface area contributed by atoms with Gasteiger partial charge in [0.1, 0.15) is 5.25 Å². The lowest BCUT2D eigenvalue weighted by atomic mass is 10.1. The van der Waals surface area contributed by atoms with Gasteiger partial charge in [0, 0.05) is 24.7 Å². The quantitative estimate of drug-likeness (QED) is 0.713. The normalized spacial score (nSPS) is 25.8. The summed E-state index contributed by atoms with van der Waals surface area (Å²) in [4.78, 5) is 13.8. The molecule has 0 spiro atoms. The van der Waals surface area contributed by atoms with Crippen molar-refractivity contribution in [3.8, 4) is 0 Å². The standard InChI is InChI=1S/C11H20BrNO4S/c1-8(18(4,15)16)10(14)13-6-9(5-12)17-11(2,3)7-13/h8-9H,5-7H2,1-4H3. The SMILES string of the molecule is CC(C(=O)N1CC(CBr)OC(C)(C)C1)S(C)(=O)=O. The fraction of sp³-hybridized carbons (Fsp3) is 0.909. The molecular weight excluding hydrogens is 322 g/mol. The van der Waals surface area contributed by atoms with Crippen molar-refractivity contribution in [3.63, 3.8) is 0 Å². The minimum absolute atomic E-state index is 0.107. The first kappa shape index (κ1) is 15.9. The van der Waals surface area contributed by atoms with Crippen molar-refractivity contribution in [1.29, 1.82) is 0 Å². The maximum absolute atomic E-state index is 12.2. The van der Waals surface area contributed by atoms with Crippen LogP contribution in [0.3, 0.4) is 0 Å². The third-order valence-corrected chi connectivity index (χ3v) is 5.16. The number of alkyl halides is 1. The molecule has 0 aromatic rings. The molecule has 1 fully saturated rings. The summed E-state index contributed by atoms with van der Waals surface area (Å²) in [6, 6.07) is 0. The second kappa shape index (κ2) is 5.46. The van der Waals surface area contributed by atoms with Crippen LogP contribution >= 0.6 is 15.9 Å². The molecule has 0 bridgehead atoms. The van der Waals surface area contributed by atoms with Crippen LogP contribution in [-0.4, -0.2) is 60.9 Å². The summed E-state index contributed by atoms with van der Waals surface area (Å²) in [5.74, 6) is -0.347. The second-order valence-corrected chi connectivity index (χ2v) is 8.36. The molecule has 0 radical (unpaired) electrons. The summed E-state index contributed by atoms with van der Waals surface area (Å²) < 4.78 is 28.7. The Balaban J connectivity index is 2.86. The molecule has 1 amide bonds. The highest BCUT2D eigenvalue weighted by Crippen LogP contribution is 2.23. The van der Waals surface area contributed by atoms with E-state index in [1.54, 1.807) is 4.90 Å². The summed E-state index contributed by atoms with van der Waals surface area (Å²) in [5.41, 5.74) is -0.455. The van der Waals surface area contributed by atoms with E-state index in [1.165, 1.54) is 6.92 Å². The molecule has 5 nitrogen and oxygen atoms in total. The summed E-state index contributed by atoms with van der Waals surface area (Å²) >= 11 is 3.33. The van der Waals surface area contributed by atoms with E-state index < -0.39 is 20.7 Å². The Bertz CT molecular complexity index is 421. The molecule has 1 heterocycles. The van der Waals surface area contributed by atoms with Gasteiger partial charge in [-0.1, -0.05) is 15.9 Å². The molecule has 18 heavy (non-hydrogen) atoms. The van der Waals surface area contributed by atoms with Gasteiger partial charge in [-0.05, 0) is 20.8 Å². The van der Waals surface area contributed by atoms with Gasteiger partial charge in [-0.25, -0.2) is 8.42 Å². The van der Waals surface area contributed by atoms with Gasteiger partial charge in [0.05, 0.1) is 11.7 Å². The average molecular weight is 342 g/mol. The van der Waals surface area contributed by atoms with E-state index in [4.69, 9.17) is 4.74 Å². The Labute approximate surface area is 117 Å². The highest BCUT2D eigenvalue weighted by atomic mass is 79.9. The zero-order valence-electron chi connectivity index (χ0n) is 11.1. The molecule has 1 aliphatic rings. The number of rotatable bonds is 3. The number of nitrogens with zero attached hydrogens (tertiary/aromatic N) is 1. The fourth-order valence-electron chi connectivity index (χ4n) is 1.98. The van der Waals surface area contributed by atoms with Crippen molar-refractivity contribution in [2.24, 2.45) is 0 Å². The maximum atomic E-state index is 12.2. The van der Waals surface area contributed by atoms with E-state index in [-0.39, 0.29) is 12.0 Å². The van der Waals surface area contributed by atoms with Crippen molar-refractivity contribution in [2.45, 2.75) is 37.7 Å². The van der Waals surface area contributed by atoms with Crippen LogP contribution in [0.2, 0.25) is 0 Å². The van der Waals surface area contributed by atoms with E-state index in [1.807, 2.05) is 13.8 Å². The molecule has 2 unspecified atom stereocenters. The topological polar surface area (TPSA) is 63.7 Å². The highest BCUT2D eigenvalue weighted by molar-refractivity contribution is 9.09. The van der Waals surface area contributed by atoms with Crippen LogP contribution in [0.1, 0.15) is 20.8 Å². The highest BCUT2D eigenvalue weighted by Gasteiger charge is 2.38. The summed E-state index contributed by atoms with van der Waals surface area (Å²) in [6.07, 6.45) is 0.979. The van der Waals surface area contributed by atoms with Crippen LogP contribution in [0.25, 0.3) is 0 Å². The first-order valence-electron chi connectivity index (χ1n) is 5.78. The lowest BCUT2D eigenvalue weighted by Gasteiger charge is -2.43.